The van der Waals surface area contributed by atoms with Crippen LogP contribution in [0.1, 0.15) is 49.1 Å². The summed E-state index contributed by atoms with van der Waals surface area (Å²) in [5.74, 6) is 0.343. The number of fused-ring (bicyclic) bond motifs is 3. The quantitative estimate of drug-likeness (QED) is 0.164. The molecule has 0 fully saturated rings. The summed E-state index contributed by atoms with van der Waals surface area (Å²) < 4.78 is 0. The highest BCUT2D eigenvalue weighted by atomic mass is 15.2. The van der Waals surface area contributed by atoms with Crippen LogP contribution in [0.3, 0.4) is 0 Å². The number of anilines is 1. The average molecular weight is 680 g/mol. The molecule has 1 atom stereocenters. The van der Waals surface area contributed by atoms with Crippen molar-refractivity contribution in [3.63, 3.8) is 0 Å². The molecule has 7 aromatic rings. The third kappa shape index (κ3) is 5.56. The number of allylic oxidation sites excluding steroid dienone is 9. The van der Waals surface area contributed by atoms with Crippen molar-refractivity contribution in [3.8, 4) is 22.3 Å². The van der Waals surface area contributed by atoms with E-state index in [1.165, 1.54) is 88.4 Å². The van der Waals surface area contributed by atoms with Gasteiger partial charge < -0.3 is 4.90 Å². The number of nitrogens with zero attached hydrogens (tertiary/aromatic N) is 1. The second kappa shape index (κ2) is 13.4. The van der Waals surface area contributed by atoms with E-state index in [2.05, 4.69) is 187 Å². The topological polar surface area (TPSA) is 3.24 Å². The first-order chi connectivity index (χ1) is 26.3. The van der Waals surface area contributed by atoms with E-state index in [1.54, 1.807) is 0 Å². The smallest absolute Gasteiger partial charge is 0.0537 e. The third-order valence-electron chi connectivity index (χ3n) is 11.5. The number of hydrogen-bond acceptors (Lipinski definition) is 1. The normalized spacial score (nSPS) is 17.0. The summed E-state index contributed by atoms with van der Waals surface area (Å²) in [6.45, 7) is 0. The number of rotatable bonds is 5. The van der Waals surface area contributed by atoms with E-state index >= 15 is 0 Å². The minimum atomic E-state index is 0.343. The number of hydrogen-bond donors (Lipinski definition) is 0. The zero-order valence-electron chi connectivity index (χ0n) is 29.9. The maximum absolute atomic E-state index is 2.58. The highest BCUT2D eigenvalue weighted by molar-refractivity contribution is 6.16. The SMILES string of the molecule is C1=CCC(c2c3ccccc3c(-c3ccccc3)c3cc(-c4ccc(C5=CCCC6=C(CCC=C6)N5c5cccc6ccccc56)cc4)ccc23)C=C1. The van der Waals surface area contributed by atoms with Crippen LogP contribution in [0, 0.1) is 0 Å². The van der Waals surface area contributed by atoms with Crippen LogP contribution in [0.15, 0.2) is 193 Å². The lowest BCUT2D eigenvalue weighted by Gasteiger charge is -2.33. The van der Waals surface area contributed by atoms with Crippen LogP contribution in [0.2, 0.25) is 0 Å². The summed E-state index contributed by atoms with van der Waals surface area (Å²) >= 11 is 0. The van der Waals surface area contributed by atoms with Gasteiger partial charge in [0.1, 0.15) is 0 Å². The molecule has 0 spiro atoms. The van der Waals surface area contributed by atoms with E-state index in [-0.39, 0.29) is 0 Å². The molecular formula is C52H41N. The lowest BCUT2D eigenvalue weighted by Crippen LogP contribution is -2.22. The average Bonchev–Trinajstić information content (AvgIpc) is 3.43. The molecule has 1 aliphatic heterocycles. The Morgan fingerprint density at radius 1 is 0.509 bits per heavy atom. The molecule has 1 unspecified atom stereocenters. The fourth-order valence-corrected chi connectivity index (χ4v) is 9.05. The van der Waals surface area contributed by atoms with Gasteiger partial charge in [-0.3, -0.25) is 0 Å². The second-order valence-electron chi connectivity index (χ2n) is 14.6. The molecule has 254 valence electrons. The summed E-state index contributed by atoms with van der Waals surface area (Å²) in [6, 6.07) is 52.0. The van der Waals surface area contributed by atoms with Gasteiger partial charge in [0, 0.05) is 22.7 Å². The van der Waals surface area contributed by atoms with Gasteiger partial charge in [-0.15, -0.1) is 0 Å². The first kappa shape index (κ1) is 31.5. The molecule has 0 N–H and O–H groups in total. The van der Waals surface area contributed by atoms with Gasteiger partial charge in [0.25, 0.3) is 0 Å². The fourth-order valence-electron chi connectivity index (χ4n) is 9.05. The van der Waals surface area contributed by atoms with Gasteiger partial charge >= 0.3 is 0 Å². The molecule has 0 radical (unpaired) electrons. The minimum absolute atomic E-state index is 0.343. The molecule has 1 heterocycles. The van der Waals surface area contributed by atoms with Gasteiger partial charge in [0.05, 0.1) is 5.69 Å². The second-order valence-corrected chi connectivity index (χ2v) is 14.6. The summed E-state index contributed by atoms with van der Waals surface area (Å²) in [5, 5.41) is 7.88. The lowest BCUT2D eigenvalue weighted by atomic mass is 9.81. The zero-order chi connectivity index (χ0) is 35.1. The predicted molar refractivity (Wildman–Crippen MR) is 227 cm³/mol. The van der Waals surface area contributed by atoms with Crippen LogP contribution >= 0.6 is 0 Å². The van der Waals surface area contributed by atoms with E-state index in [1.807, 2.05) is 0 Å². The highest BCUT2D eigenvalue weighted by Gasteiger charge is 2.26. The van der Waals surface area contributed by atoms with Gasteiger partial charge in [-0.1, -0.05) is 170 Å². The van der Waals surface area contributed by atoms with Crippen molar-refractivity contribution < 1.29 is 0 Å². The molecule has 10 rings (SSSR count). The van der Waals surface area contributed by atoms with E-state index < -0.39 is 0 Å². The first-order valence-corrected chi connectivity index (χ1v) is 19.2. The van der Waals surface area contributed by atoms with Crippen molar-refractivity contribution in [3.05, 3.63) is 204 Å². The molecule has 2 aliphatic carbocycles. The van der Waals surface area contributed by atoms with Crippen LogP contribution < -0.4 is 4.90 Å². The van der Waals surface area contributed by atoms with E-state index in [0.29, 0.717) is 5.92 Å². The molecule has 53 heavy (non-hydrogen) atoms. The fraction of sp³-hybridized carbons (Fsp3) is 0.115. The van der Waals surface area contributed by atoms with Crippen LogP contribution in [0.4, 0.5) is 5.69 Å². The molecular weight excluding hydrogens is 639 g/mol. The Labute approximate surface area is 312 Å². The van der Waals surface area contributed by atoms with Crippen LogP contribution in [-0.4, -0.2) is 0 Å². The predicted octanol–water partition coefficient (Wildman–Crippen LogP) is 14.3. The van der Waals surface area contributed by atoms with Crippen molar-refractivity contribution in [2.45, 2.75) is 38.0 Å². The summed E-state index contributed by atoms with van der Waals surface area (Å²) in [5.41, 5.74) is 13.2. The first-order valence-electron chi connectivity index (χ1n) is 19.2. The molecule has 7 aromatic carbocycles. The maximum Gasteiger partial charge on any atom is 0.0537 e. The third-order valence-corrected chi connectivity index (χ3v) is 11.5. The van der Waals surface area contributed by atoms with Gasteiger partial charge in [-0.2, -0.15) is 0 Å². The Bertz CT molecular complexity index is 2680. The minimum Gasteiger partial charge on any atom is -0.313 e. The highest BCUT2D eigenvalue weighted by Crippen LogP contribution is 2.46. The summed E-state index contributed by atoms with van der Waals surface area (Å²) in [4.78, 5) is 2.58. The molecule has 1 nitrogen and oxygen atoms in total. The maximum atomic E-state index is 2.58. The van der Waals surface area contributed by atoms with Crippen molar-refractivity contribution in [1.29, 1.82) is 0 Å². The van der Waals surface area contributed by atoms with E-state index in [0.717, 1.165) is 32.1 Å². The standard InChI is InChI=1S/C52H41N/c1-3-17-40(18-4-1)51-44-24-10-11-25-45(44)52(41-19-5-2-6-20-41)47-35-42(33-34-46(47)51)36-29-31-39(32-30-36)49-27-14-22-38-16-8-12-26-48(38)53(49)50-28-13-21-37-15-7-9-23-43(37)50/h1-11,13,15-17,19-21,23-25,27-35,40H,12,14,18,22,26H2. The van der Waals surface area contributed by atoms with Crippen LogP contribution in [-0.2, 0) is 0 Å². The summed E-state index contributed by atoms with van der Waals surface area (Å²) in [7, 11) is 0. The Morgan fingerprint density at radius 3 is 2.09 bits per heavy atom. The lowest BCUT2D eigenvalue weighted by molar-refractivity contribution is 0.870. The molecule has 0 saturated carbocycles. The Morgan fingerprint density at radius 2 is 1.25 bits per heavy atom. The van der Waals surface area contributed by atoms with Crippen molar-refractivity contribution in [2.75, 3.05) is 4.90 Å². The van der Waals surface area contributed by atoms with Crippen molar-refractivity contribution >= 4 is 43.7 Å². The molecule has 0 saturated heterocycles. The van der Waals surface area contributed by atoms with Gasteiger partial charge in [0.2, 0.25) is 0 Å². The van der Waals surface area contributed by atoms with Gasteiger partial charge in [0.15, 0.2) is 0 Å². The van der Waals surface area contributed by atoms with Crippen molar-refractivity contribution in [2.24, 2.45) is 0 Å². The van der Waals surface area contributed by atoms with Crippen molar-refractivity contribution in [1.82, 2.24) is 0 Å². The molecule has 3 aliphatic rings. The Balaban J connectivity index is 1.11. The van der Waals surface area contributed by atoms with E-state index in [4.69, 9.17) is 0 Å². The molecule has 0 aromatic heterocycles. The largest absolute Gasteiger partial charge is 0.313 e. The van der Waals surface area contributed by atoms with Crippen LogP contribution in [0.5, 0.6) is 0 Å². The molecule has 0 amide bonds. The molecule has 1 heteroatoms. The summed E-state index contributed by atoms with van der Waals surface area (Å²) in [6.07, 6.45) is 21.5. The van der Waals surface area contributed by atoms with Gasteiger partial charge in [-0.05, 0) is 110 Å². The van der Waals surface area contributed by atoms with Gasteiger partial charge in [-0.25, -0.2) is 0 Å². The van der Waals surface area contributed by atoms with E-state index in [9.17, 15) is 0 Å². The molecule has 0 bridgehead atoms. The number of benzene rings is 7. The zero-order valence-corrected chi connectivity index (χ0v) is 29.9. The van der Waals surface area contributed by atoms with Crippen LogP contribution in [0.25, 0.3) is 60.3 Å². The Kier molecular flexibility index (Phi) is 7.99. The Hall–Kier alpha value is -6.18. The monoisotopic (exact) mass is 679 g/mol.